The van der Waals surface area contributed by atoms with Gasteiger partial charge in [-0.25, -0.2) is 0 Å². The Morgan fingerprint density at radius 3 is 3.15 bits per heavy atom. The van der Waals surface area contributed by atoms with E-state index in [1.54, 1.807) is 0 Å². The maximum Gasteiger partial charge on any atom is 0.124 e. The lowest BCUT2D eigenvalue weighted by molar-refractivity contribution is -0.107. The second-order valence-electron chi connectivity index (χ2n) is 3.08. The molecule has 1 aliphatic heterocycles. The molecule has 0 aromatic rings. The Labute approximate surface area is 77.3 Å². The van der Waals surface area contributed by atoms with Gasteiger partial charge in [0, 0.05) is 12.6 Å². The molecular formula is C11H11NO. The minimum Gasteiger partial charge on any atom is -0.380 e. The molecule has 1 aliphatic carbocycles. The molecule has 1 atom stereocenters. The molecule has 2 nitrogen and oxygen atoms in total. The number of hydrogen-bond acceptors (Lipinski definition) is 2. The molecule has 1 unspecified atom stereocenters. The molecule has 2 rings (SSSR count). The molecule has 0 amide bonds. The second kappa shape index (κ2) is 3.44. The van der Waals surface area contributed by atoms with Crippen LogP contribution in [0.15, 0.2) is 47.7 Å². The summed E-state index contributed by atoms with van der Waals surface area (Å²) in [6, 6.07) is 0.255. The molecule has 0 saturated carbocycles. The largest absolute Gasteiger partial charge is 0.380 e. The lowest BCUT2D eigenvalue weighted by atomic mass is 10.0. The molecule has 1 heterocycles. The van der Waals surface area contributed by atoms with Gasteiger partial charge in [-0.05, 0) is 11.1 Å². The summed E-state index contributed by atoms with van der Waals surface area (Å²) in [5, 5.41) is 3.22. The van der Waals surface area contributed by atoms with Gasteiger partial charge in [-0.3, -0.25) is 0 Å². The van der Waals surface area contributed by atoms with Gasteiger partial charge in [-0.15, -0.1) is 0 Å². The molecule has 1 N–H and O–H groups in total. The Bertz CT molecular complexity index is 334. The molecule has 0 aromatic heterocycles. The van der Waals surface area contributed by atoms with Crippen LogP contribution in [0, 0.1) is 0 Å². The molecular weight excluding hydrogens is 162 g/mol. The topological polar surface area (TPSA) is 29.1 Å². The molecule has 0 spiro atoms. The van der Waals surface area contributed by atoms with E-state index in [2.05, 4.69) is 17.5 Å². The van der Waals surface area contributed by atoms with Crippen LogP contribution < -0.4 is 5.32 Å². The maximum atomic E-state index is 10.4. The van der Waals surface area contributed by atoms with Gasteiger partial charge < -0.3 is 10.1 Å². The second-order valence-corrected chi connectivity index (χ2v) is 3.08. The zero-order valence-electron chi connectivity index (χ0n) is 7.23. The molecule has 0 bridgehead atoms. The highest BCUT2D eigenvalue weighted by Crippen LogP contribution is 2.24. The zero-order chi connectivity index (χ0) is 9.10. The van der Waals surface area contributed by atoms with Crippen LogP contribution in [0.25, 0.3) is 0 Å². The Hall–Kier alpha value is -1.57. The highest BCUT2D eigenvalue weighted by Gasteiger charge is 2.19. The maximum absolute atomic E-state index is 10.4. The zero-order valence-corrected chi connectivity index (χ0v) is 7.23. The number of nitrogens with one attached hydrogen (secondary N) is 1. The molecule has 2 aliphatic rings. The predicted molar refractivity (Wildman–Crippen MR) is 52.1 cm³/mol. The smallest absolute Gasteiger partial charge is 0.124 e. The van der Waals surface area contributed by atoms with E-state index in [0.29, 0.717) is 6.42 Å². The van der Waals surface area contributed by atoms with Crippen LogP contribution in [-0.4, -0.2) is 12.3 Å². The van der Waals surface area contributed by atoms with E-state index in [-0.39, 0.29) is 6.04 Å². The van der Waals surface area contributed by atoms with Crippen LogP contribution in [0.1, 0.15) is 6.42 Å². The van der Waals surface area contributed by atoms with Crippen LogP contribution in [-0.2, 0) is 4.79 Å². The quantitative estimate of drug-likeness (QED) is 0.641. The summed E-state index contributed by atoms with van der Waals surface area (Å²) < 4.78 is 0. The van der Waals surface area contributed by atoms with Crippen LogP contribution in [0.4, 0.5) is 0 Å². The summed E-state index contributed by atoms with van der Waals surface area (Å²) in [6.45, 7) is 0. The third kappa shape index (κ3) is 1.47. The lowest BCUT2D eigenvalue weighted by Crippen LogP contribution is -2.17. The van der Waals surface area contributed by atoms with Crippen molar-refractivity contribution in [1.29, 1.82) is 0 Å². The first-order valence-corrected chi connectivity index (χ1v) is 4.36. The molecule has 2 heteroatoms. The van der Waals surface area contributed by atoms with Crippen molar-refractivity contribution in [1.82, 2.24) is 5.32 Å². The summed E-state index contributed by atoms with van der Waals surface area (Å²) in [7, 11) is 0. The Balaban J connectivity index is 2.26. The van der Waals surface area contributed by atoms with Crippen molar-refractivity contribution in [3.8, 4) is 0 Å². The number of carbonyl (C=O) groups is 1. The summed E-state index contributed by atoms with van der Waals surface area (Å²) in [6.07, 6.45) is 13.5. The number of hydrogen-bond donors (Lipinski definition) is 1. The molecule has 0 aromatic carbocycles. The molecule has 13 heavy (non-hydrogen) atoms. The molecule has 0 saturated heterocycles. The average molecular weight is 173 g/mol. The van der Waals surface area contributed by atoms with Crippen molar-refractivity contribution in [2.75, 3.05) is 0 Å². The SMILES string of the molecule is O=CCC1=CNC2C=CC=CC=C12. The van der Waals surface area contributed by atoms with Crippen molar-refractivity contribution >= 4 is 6.29 Å². The van der Waals surface area contributed by atoms with E-state index in [0.717, 1.165) is 11.9 Å². The van der Waals surface area contributed by atoms with Crippen molar-refractivity contribution in [2.45, 2.75) is 12.5 Å². The number of allylic oxidation sites excluding steroid dienone is 4. The van der Waals surface area contributed by atoms with Crippen LogP contribution in [0.3, 0.4) is 0 Å². The highest BCUT2D eigenvalue weighted by molar-refractivity contribution is 5.61. The van der Waals surface area contributed by atoms with Crippen LogP contribution >= 0.6 is 0 Å². The first-order chi connectivity index (χ1) is 6.42. The van der Waals surface area contributed by atoms with E-state index in [4.69, 9.17) is 0 Å². The van der Waals surface area contributed by atoms with Gasteiger partial charge in [0.05, 0.1) is 6.04 Å². The molecule has 66 valence electrons. The summed E-state index contributed by atoms with van der Waals surface area (Å²) in [5.74, 6) is 0. The van der Waals surface area contributed by atoms with Gasteiger partial charge >= 0.3 is 0 Å². The van der Waals surface area contributed by atoms with E-state index in [1.807, 2.05) is 24.4 Å². The Morgan fingerprint density at radius 2 is 2.31 bits per heavy atom. The van der Waals surface area contributed by atoms with Crippen molar-refractivity contribution in [2.24, 2.45) is 0 Å². The summed E-state index contributed by atoms with van der Waals surface area (Å²) >= 11 is 0. The summed E-state index contributed by atoms with van der Waals surface area (Å²) in [4.78, 5) is 10.4. The number of aldehydes is 1. The Kier molecular flexibility index (Phi) is 2.13. The number of fused-ring (bicyclic) bond motifs is 1. The van der Waals surface area contributed by atoms with E-state index in [9.17, 15) is 4.79 Å². The minimum absolute atomic E-state index is 0.255. The highest BCUT2D eigenvalue weighted by atomic mass is 16.1. The number of rotatable bonds is 2. The fraction of sp³-hybridized carbons (Fsp3) is 0.182. The normalized spacial score (nSPS) is 24.2. The fourth-order valence-corrected chi connectivity index (χ4v) is 1.60. The first kappa shape index (κ1) is 8.05. The first-order valence-electron chi connectivity index (χ1n) is 4.36. The van der Waals surface area contributed by atoms with Gasteiger partial charge in [-0.1, -0.05) is 30.4 Å². The van der Waals surface area contributed by atoms with Gasteiger partial charge in [-0.2, -0.15) is 0 Å². The van der Waals surface area contributed by atoms with Crippen molar-refractivity contribution in [3.63, 3.8) is 0 Å². The fourth-order valence-electron chi connectivity index (χ4n) is 1.60. The van der Waals surface area contributed by atoms with Gasteiger partial charge in [0.2, 0.25) is 0 Å². The van der Waals surface area contributed by atoms with Gasteiger partial charge in [0.15, 0.2) is 0 Å². The van der Waals surface area contributed by atoms with Crippen LogP contribution in [0.2, 0.25) is 0 Å². The summed E-state index contributed by atoms with van der Waals surface area (Å²) in [5.41, 5.74) is 2.30. The molecule has 0 fully saturated rings. The number of carbonyl (C=O) groups excluding carboxylic acids is 1. The van der Waals surface area contributed by atoms with E-state index < -0.39 is 0 Å². The third-order valence-corrected chi connectivity index (χ3v) is 2.25. The minimum atomic E-state index is 0.255. The van der Waals surface area contributed by atoms with E-state index in [1.165, 1.54) is 5.57 Å². The van der Waals surface area contributed by atoms with Crippen LogP contribution in [0.5, 0.6) is 0 Å². The average Bonchev–Trinajstić information content (AvgIpc) is 2.38. The monoisotopic (exact) mass is 173 g/mol. The van der Waals surface area contributed by atoms with Crippen molar-refractivity contribution in [3.05, 3.63) is 47.7 Å². The lowest BCUT2D eigenvalue weighted by Gasteiger charge is -2.07. The third-order valence-electron chi connectivity index (χ3n) is 2.25. The van der Waals surface area contributed by atoms with Gasteiger partial charge in [0.25, 0.3) is 0 Å². The predicted octanol–water partition coefficient (Wildman–Crippen LogP) is 1.48. The van der Waals surface area contributed by atoms with E-state index >= 15 is 0 Å². The molecule has 0 radical (unpaired) electrons. The Morgan fingerprint density at radius 1 is 1.38 bits per heavy atom. The van der Waals surface area contributed by atoms with Crippen molar-refractivity contribution < 1.29 is 4.79 Å². The standard InChI is InChI=1S/C11H11NO/c13-7-6-9-8-12-11-5-3-1-2-4-10(9)11/h1-5,7-8,11-12H,6H2. The van der Waals surface area contributed by atoms with Gasteiger partial charge in [0.1, 0.15) is 6.29 Å².